The summed E-state index contributed by atoms with van der Waals surface area (Å²) in [6.07, 6.45) is 6.78. The highest BCUT2D eigenvalue weighted by Gasteiger charge is 2.25. The van der Waals surface area contributed by atoms with Crippen LogP contribution in [0, 0.1) is 0 Å². The van der Waals surface area contributed by atoms with Crippen molar-refractivity contribution in [2.75, 3.05) is 4.90 Å². The highest BCUT2D eigenvalue weighted by Crippen LogP contribution is 2.50. The minimum absolute atomic E-state index is 1.08. The highest BCUT2D eigenvalue weighted by molar-refractivity contribution is 6.15. The van der Waals surface area contributed by atoms with E-state index in [-0.39, 0.29) is 0 Å². The molecule has 8 aromatic carbocycles. The second-order valence-corrected chi connectivity index (χ2v) is 14.0. The second kappa shape index (κ2) is 11.4. The molecule has 244 valence electrons. The fourth-order valence-electron chi connectivity index (χ4n) is 8.83. The zero-order valence-corrected chi connectivity index (χ0v) is 28.6. The fraction of sp³-hybridized carbons (Fsp3) is 0.0400. The van der Waals surface area contributed by atoms with E-state index in [1.807, 2.05) is 0 Å². The molecule has 0 atom stereocenters. The maximum atomic E-state index is 2.45. The number of allylic oxidation sites excluding steroid dienone is 1. The first kappa shape index (κ1) is 29.1. The van der Waals surface area contributed by atoms with Crippen molar-refractivity contribution >= 4 is 55.6 Å². The Morgan fingerprint density at radius 2 is 1.19 bits per heavy atom. The molecule has 0 N–H and O–H groups in total. The van der Waals surface area contributed by atoms with Crippen LogP contribution in [0.2, 0.25) is 0 Å². The van der Waals surface area contributed by atoms with Gasteiger partial charge in [-0.25, -0.2) is 0 Å². The molecule has 2 nitrogen and oxygen atoms in total. The molecule has 0 unspecified atom stereocenters. The monoisotopic (exact) mass is 662 g/mol. The molecule has 1 aromatic heterocycles. The molecular weight excluding hydrogens is 629 g/mol. The lowest BCUT2D eigenvalue weighted by atomic mass is 9.98. The van der Waals surface area contributed by atoms with E-state index < -0.39 is 0 Å². The van der Waals surface area contributed by atoms with Crippen LogP contribution in [-0.4, -0.2) is 4.57 Å². The Labute approximate surface area is 303 Å². The third-order valence-corrected chi connectivity index (χ3v) is 11.2. The van der Waals surface area contributed by atoms with Gasteiger partial charge in [0.1, 0.15) is 0 Å². The number of anilines is 3. The van der Waals surface area contributed by atoms with Crippen LogP contribution in [0.5, 0.6) is 0 Å². The van der Waals surface area contributed by atoms with Crippen LogP contribution in [0.1, 0.15) is 17.7 Å². The van der Waals surface area contributed by atoms with Crippen molar-refractivity contribution in [1.29, 1.82) is 0 Å². The van der Waals surface area contributed by atoms with Crippen LogP contribution in [0.15, 0.2) is 176 Å². The highest BCUT2D eigenvalue weighted by atomic mass is 15.1. The Morgan fingerprint density at radius 3 is 2.08 bits per heavy atom. The lowest BCUT2D eigenvalue weighted by Gasteiger charge is -2.29. The Hall–Kier alpha value is -6.64. The van der Waals surface area contributed by atoms with Gasteiger partial charge in [0.15, 0.2) is 0 Å². The molecule has 0 bridgehead atoms. The van der Waals surface area contributed by atoms with E-state index in [2.05, 4.69) is 191 Å². The van der Waals surface area contributed by atoms with Gasteiger partial charge in [0.2, 0.25) is 0 Å². The van der Waals surface area contributed by atoms with Gasteiger partial charge in [0.05, 0.1) is 11.2 Å². The van der Waals surface area contributed by atoms with E-state index in [4.69, 9.17) is 0 Å². The lowest BCUT2D eigenvalue weighted by molar-refractivity contribution is 0.967. The standard InChI is InChI=1S/C50H34N2/c1-2-12-35-31-36(24-23-33(35)11-1)40-15-3-6-20-47(40)51(39-29-30-41-44-18-9-13-34-14-10-19-45(50(34)44)46(41)32-39)37-25-27-38(28-26-37)52-48-21-7-4-16-42(48)43-17-5-8-22-49(43)52/h1-4,6-16,18-32H,5,17H2. The van der Waals surface area contributed by atoms with Crippen LogP contribution in [0.3, 0.4) is 0 Å². The van der Waals surface area contributed by atoms with Gasteiger partial charge in [-0.1, -0.05) is 121 Å². The van der Waals surface area contributed by atoms with Gasteiger partial charge in [0, 0.05) is 33.7 Å². The molecule has 9 aromatic rings. The van der Waals surface area contributed by atoms with Crippen molar-refractivity contribution in [3.05, 3.63) is 187 Å². The van der Waals surface area contributed by atoms with Crippen molar-refractivity contribution in [1.82, 2.24) is 4.57 Å². The Morgan fingerprint density at radius 1 is 0.481 bits per heavy atom. The summed E-state index contributed by atoms with van der Waals surface area (Å²) in [6, 6.07) is 62.7. The Balaban J connectivity index is 1.11. The zero-order valence-electron chi connectivity index (χ0n) is 28.6. The summed E-state index contributed by atoms with van der Waals surface area (Å²) < 4.78 is 2.44. The quantitative estimate of drug-likeness (QED) is 0.178. The largest absolute Gasteiger partial charge is 0.310 e. The van der Waals surface area contributed by atoms with Gasteiger partial charge >= 0.3 is 0 Å². The minimum atomic E-state index is 1.08. The predicted octanol–water partition coefficient (Wildman–Crippen LogP) is 13.7. The van der Waals surface area contributed by atoms with Crippen molar-refractivity contribution in [3.63, 3.8) is 0 Å². The van der Waals surface area contributed by atoms with E-state index in [1.54, 1.807) is 0 Å². The van der Waals surface area contributed by atoms with Gasteiger partial charge in [-0.15, -0.1) is 0 Å². The van der Waals surface area contributed by atoms with Gasteiger partial charge < -0.3 is 9.47 Å². The summed E-state index contributed by atoms with van der Waals surface area (Å²) in [5.74, 6) is 0. The third kappa shape index (κ3) is 4.37. The average molecular weight is 663 g/mol. The van der Waals surface area contributed by atoms with E-state index in [0.717, 1.165) is 29.9 Å². The van der Waals surface area contributed by atoms with Crippen molar-refractivity contribution < 1.29 is 0 Å². The minimum Gasteiger partial charge on any atom is -0.310 e. The summed E-state index contributed by atoms with van der Waals surface area (Å²) in [7, 11) is 0. The third-order valence-electron chi connectivity index (χ3n) is 11.2. The molecule has 11 rings (SSSR count). The number of rotatable bonds is 5. The smallest absolute Gasteiger partial charge is 0.0540 e. The summed E-state index contributed by atoms with van der Waals surface area (Å²) in [4.78, 5) is 2.45. The summed E-state index contributed by atoms with van der Waals surface area (Å²) >= 11 is 0. The van der Waals surface area contributed by atoms with Crippen LogP contribution in [0.25, 0.3) is 77.6 Å². The molecule has 52 heavy (non-hydrogen) atoms. The molecule has 0 aliphatic heterocycles. The molecule has 2 aliphatic rings. The average Bonchev–Trinajstić information content (AvgIpc) is 3.72. The Kier molecular flexibility index (Phi) is 6.41. The van der Waals surface area contributed by atoms with Crippen LogP contribution in [0.4, 0.5) is 17.1 Å². The van der Waals surface area contributed by atoms with Gasteiger partial charge in [0.25, 0.3) is 0 Å². The van der Waals surface area contributed by atoms with E-state index in [0.29, 0.717) is 0 Å². The van der Waals surface area contributed by atoms with Crippen molar-refractivity contribution in [2.24, 2.45) is 0 Å². The number of aromatic nitrogens is 1. The van der Waals surface area contributed by atoms with Crippen molar-refractivity contribution in [2.45, 2.75) is 12.8 Å². The number of para-hydroxylation sites is 2. The summed E-state index contributed by atoms with van der Waals surface area (Å²) in [5.41, 5.74) is 16.2. The molecule has 0 saturated heterocycles. The number of hydrogen-bond acceptors (Lipinski definition) is 1. The molecule has 0 fully saturated rings. The lowest BCUT2D eigenvalue weighted by Crippen LogP contribution is -2.11. The summed E-state index contributed by atoms with van der Waals surface area (Å²) in [5, 5.41) is 6.48. The number of hydrogen-bond donors (Lipinski definition) is 0. The van der Waals surface area contributed by atoms with Crippen LogP contribution >= 0.6 is 0 Å². The Bertz CT molecular complexity index is 2900. The molecule has 2 aliphatic carbocycles. The number of nitrogens with zero attached hydrogens (tertiary/aromatic N) is 2. The topological polar surface area (TPSA) is 8.17 Å². The van der Waals surface area contributed by atoms with Gasteiger partial charge in [-0.3, -0.25) is 0 Å². The molecule has 2 heteroatoms. The maximum absolute atomic E-state index is 2.45. The first-order chi connectivity index (χ1) is 25.8. The van der Waals surface area contributed by atoms with E-state index in [9.17, 15) is 0 Å². The zero-order chi connectivity index (χ0) is 34.2. The SMILES string of the molecule is C1=Cc2c(c3ccccc3n2-c2ccc(N(c3ccc4c(c3)-c3cccc5cccc-4c35)c3ccccc3-c3ccc4ccccc4c3)cc2)CC1. The van der Waals surface area contributed by atoms with Gasteiger partial charge in [-0.05, 0) is 128 Å². The molecule has 1 heterocycles. The number of fused-ring (bicyclic) bond motifs is 7. The fourth-order valence-corrected chi connectivity index (χ4v) is 8.83. The molecule has 0 radical (unpaired) electrons. The predicted molar refractivity (Wildman–Crippen MR) is 220 cm³/mol. The van der Waals surface area contributed by atoms with E-state index >= 15 is 0 Å². The summed E-state index contributed by atoms with van der Waals surface area (Å²) in [6.45, 7) is 0. The van der Waals surface area contributed by atoms with E-state index in [1.165, 1.54) is 82.8 Å². The first-order valence-electron chi connectivity index (χ1n) is 18.2. The van der Waals surface area contributed by atoms with Crippen molar-refractivity contribution in [3.8, 4) is 39.1 Å². The van der Waals surface area contributed by atoms with Crippen LogP contribution in [-0.2, 0) is 6.42 Å². The number of aryl methyl sites for hydroxylation is 1. The second-order valence-electron chi connectivity index (χ2n) is 14.0. The van der Waals surface area contributed by atoms with Gasteiger partial charge in [-0.2, -0.15) is 0 Å². The molecule has 0 spiro atoms. The molecular formula is C50H34N2. The number of benzene rings is 8. The maximum Gasteiger partial charge on any atom is 0.0540 e. The normalized spacial score (nSPS) is 12.8. The molecule has 0 saturated carbocycles. The first-order valence-corrected chi connectivity index (χ1v) is 18.2. The molecule has 0 amide bonds. The van der Waals surface area contributed by atoms with Crippen LogP contribution < -0.4 is 4.90 Å².